The van der Waals surface area contributed by atoms with Gasteiger partial charge in [0.1, 0.15) is 0 Å². The van der Waals surface area contributed by atoms with E-state index in [1.54, 1.807) is 0 Å². The molecule has 0 unspecified atom stereocenters. The largest absolute Gasteiger partial charge is 0.416 e. The van der Waals surface area contributed by atoms with Gasteiger partial charge in [-0.3, -0.25) is 9.59 Å². The molecule has 0 bridgehead atoms. The molecule has 2 rings (SSSR count). The number of carbonyl (C=O) groups is 2. The molecule has 1 fully saturated rings. The maximum atomic E-state index is 12.6. The Bertz CT molecular complexity index is 552. The van der Waals surface area contributed by atoms with Gasteiger partial charge in [0, 0.05) is 12.0 Å². The topological polar surface area (TPSA) is 58.2 Å². The fourth-order valence-electron chi connectivity index (χ4n) is 2.40. The molecule has 1 heterocycles. The third-order valence-electron chi connectivity index (χ3n) is 3.58. The zero-order valence-corrected chi connectivity index (χ0v) is 11.9. The molecule has 1 aliphatic rings. The Hall–Kier alpha value is -1.89. The zero-order chi connectivity index (χ0) is 16.2. The van der Waals surface area contributed by atoms with Crippen LogP contribution in [0, 0.1) is 5.92 Å². The Morgan fingerprint density at radius 1 is 1.32 bits per heavy atom. The number of rotatable bonds is 5. The van der Waals surface area contributed by atoms with Crippen LogP contribution in [0.2, 0.25) is 0 Å². The minimum Gasteiger partial charge on any atom is -0.345 e. The van der Waals surface area contributed by atoms with Gasteiger partial charge in [-0.25, -0.2) is 0 Å². The van der Waals surface area contributed by atoms with Gasteiger partial charge >= 0.3 is 6.18 Å². The van der Waals surface area contributed by atoms with Crippen molar-refractivity contribution in [3.63, 3.8) is 0 Å². The lowest BCUT2D eigenvalue weighted by molar-refractivity contribution is -0.137. The summed E-state index contributed by atoms with van der Waals surface area (Å²) in [5, 5.41) is 5.52. The van der Waals surface area contributed by atoms with Gasteiger partial charge in [0.05, 0.1) is 12.1 Å². The number of benzene rings is 1. The summed E-state index contributed by atoms with van der Waals surface area (Å²) in [6.45, 7) is 1.51. The number of hydrogen-bond donors (Lipinski definition) is 2. The minimum absolute atomic E-state index is 0.106. The summed E-state index contributed by atoms with van der Waals surface area (Å²) >= 11 is 0. The summed E-state index contributed by atoms with van der Waals surface area (Å²) in [6.07, 6.45) is -3.20. The van der Waals surface area contributed by atoms with Crippen LogP contribution < -0.4 is 10.6 Å². The van der Waals surface area contributed by atoms with Crippen LogP contribution >= 0.6 is 0 Å². The first kappa shape index (κ1) is 16.5. The molecule has 0 aliphatic carbocycles. The molecular formula is C15H17F3N2O2. The van der Waals surface area contributed by atoms with Crippen LogP contribution in [-0.4, -0.2) is 31.3 Å². The summed E-state index contributed by atoms with van der Waals surface area (Å²) in [5.74, 6) is -0.518. The van der Waals surface area contributed by atoms with E-state index in [1.165, 1.54) is 12.1 Å². The van der Waals surface area contributed by atoms with Gasteiger partial charge in [-0.2, -0.15) is 13.2 Å². The van der Waals surface area contributed by atoms with E-state index in [0.29, 0.717) is 6.42 Å². The summed E-state index contributed by atoms with van der Waals surface area (Å²) in [5.41, 5.74) is -0.992. The van der Waals surface area contributed by atoms with E-state index in [0.717, 1.165) is 31.6 Å². The first-order chi connectivity index (χ1) is 10.4. The summed E-state index contributed by atoms with van der Waals surface area (Å²) in [7, 11) is 0. The van der Waals surface area contributed by atoms with Crippen LogP contribution in [0.5, 0.6) is 0 Å². The molecule has 0 spiro atoms. The van der Waals surface area contributed by atoms with Crippen LogP contribution in [0.3, 0.4) is 0 Å². The number of hydrogen-bond acceptors (Lipinski definition) is 3. The quantitative estimate of drug-likeness (QED) is 0.874. The molecule has 0 saturated carbocycles. The monoisotopic (exact) mass is 314 g/mol. The Labute approximate surface area is 126 Å². The highest BCUT2D eigenvalue weighted by atomic mass is 19.4. The predicted molar refractivity (Wildman–Crippen MR) is 74.4 cm³/mol. The highest BCUT2D eigenvalue weighted by Gasteiger charge is 2.30. The van der Waals surface area contributed by atoms with Crippen molar-refractivity contribution >= 4 is 11.7 Å². The lowest BCUT2D eigenvalue weighted by atomic mass is 10.0. The highest BCUT2D eigenvalue weighted by molar-refractivity contribution is 5.96. The van der Waals surface area contributed by atoms with Gasteiger partial charge in [0.2, 0.25) is 0 Å². The van der Waals surface area contributed by atoms with Gasteiger partial charge in [-0.1, -0.05) is 6.07 Å². The minimum atomic E-state index is -4.50. The molecule has 1 aromatic rings. The van der Waals surface area contributed by atoms with E-state index >= 15 is 0 Å². The Balaban J connectivity index is 1.88. The van der Waals surface area contributed by atoms with E-state index in [4.69, 9.17) is 0 Å². The second kappa shape index (κ2) is 6.91. The average Bonchev–Trinajstić information content (AvgIpc) is 2.97. The summed E-state index contributed by atoms with van der Waals surface area (Å²) < 4.78 is 37.7. The number of carbonyl (C=O) groups excluding carboxylic acids is 2. The molecule has 0 aromatic heterocycles. The predicted octanol–water partition coefficient (Wildman–Crippen LogP) is 2.00. The third kappa shape index (κ3) is 4.56. The van der Waals surface area contributed by atoms with E-state index in [1.807, 2.05) is 0 Å². The van der Waals surface area contributed by atoms with Gasteiger partial charge in [-0.15, -0.1) is 0 Å². The van der Waals surface area contributed by atoms with Gasteiger partial charge < -0.3 is 10.6 Å². The van der Waals surface area contributed by atoms with Crippen molar-refractivity contribution in [2.75, 3.05) is 19.6 Å². The fourth-order valence-corrected chi connectivity index (χ4v) is 2.40. The number of ketones is 1. The number of alkyl halides is 3. The molecule has 1 atom stereocenters. The van der Waals surface area contributed by atoms with E-state index < -0.39 is 17.6 Å². The summed E-state index contributed by atoms with van der Waals surface area (Å²) in [4.78, 5) is 23.6. The van der Waals surface area contributed by atoms with Crippen molar-refractivity contribution in [2.45, 2.75) is 19.0 Å². The molecule has 1 saturated heterocycles. The Kier molecular flexibility index (Phi) is 5.18. The van der Waals surface area contributed by atoms with Gasteiger partial charge in [0.25, 0.3) is 5.91 Å². The van der Waals surface area contributed by atoms with Crippen molar-refractivity contribution in [3.8, 4) is 0 Å². The first-order valence-electron chi connectivity index (χ1n) is 7.04. The molecule has 22 heavy (non-hydrogen) atoms. The number of halogens is 3. The van der Waals surface area contributed by atoms with Crippen LogP contribution in [0.25, 0.3) is 0 Å². The Morgan fingerprint density at radius 3 is 2.73 bits per heavy atom. The first-order valence-corrected chi connectivity index (χ1v) is 7.04. The smallest absolute Gasteiger partial charge is 0.345 e. The number of Topliss-reactive ketones (excluding diaryl/α,β-unsaturated/α-hetero) is 1. The lowest BCUT2D eigenvalue weighted by Crippen LogP contribution is -2.30. The molecule has 1 aromatic carbocycles. The number of nitrogens with one attached hydrogen (secondary N) is 2. The number of amides is 1. The normalized spacial score (nSPS) is 18.2. The second-order valence-corrected chi connectivity index (χ2v) is 5.36. The second-order valence-electron chi connectivity index (χ2n) is 5.36. The standard InChI is InChI=1S/C15H17F3N2O2/c16-15(17,18)12-3-1-2-11(7-12)14(22)20-9-13(21)6-10-4-5-19-8-10/h1-3,7,10,19H,4-6,8-9H2,(H,20,22)/t10-/m0/s1. The molecular weight excluding hydrogens is 297 g/mol. The highest BCUT2D eigenvalue weighted by Crippen LogP contribution is 2.29. The fraction of sp³-hybridized carbons (Fsp3) is 0.467. The molecule has 4 nitrogen and oxygen atoms in total. The van der Waals surface area contributed by atoms with Crippen molar-refractivity contribution in [3.05, 3.63) is 35.4 Å². The van der Waals surface area contributed by atoms with Crippen LogP contribution in [0.15, 0.2) is 24.3 Å². The van der Waals surface area contributed by atoms with Crippen LogP contribution in [0.4, 0.5) is 13.2 Å². The average molecular weight is 314 g/mol. The maximum absolute atomic E-state index is 12.6. The van der Waals surface area contributed by atoms with Crippen molar-refractivity contribution in [1.82, 2.24) is 10.6 Å². The molecule has 1 amide bonds. The van der Waals surface area contributed by atoms with Gasteiger partial charge in [-0.05, 0) is 43.6 Å². The van der Waals surface area contributed by atoms with Crippen molar-refractivity contribution < 1.29 is 22.8 Å². The third-order valence-corrected chi connectivity index (χ3v) is 3.58. The molecule has 1 aliphatic heterocycles. The Morgan fingerprint density at radius 2 is 2.09 bits per heavy atom. The zero-order valence-electron chi connectivity index (χ0n) is 11.9. The van der Waals surface area contributed by atoms with Crippen molar-refractivity contribution in [2.24, 2.45) is 5.92 Å². The summed E-state index contributed by atoms with van der Waals surface area (Å²) in [6, 6.07) is 4.13. The lowest BCUT2D eigenvalue weighted by Gasteiger charge is -2.10. The van der Waals surface area contributed by atoms with Crippen LogP contribution in [0.1, 0.15) is 28.8 Å². The molecule has 120 valence electrons. The SMILES string of the molecule is O=C(CNC(=O)c1cccc(C(F)(F)F)c1)C[C@@H]1CCNC1. The molecule has 0 radical (unpaired) electrons. The van der Waals surface area contributed by atoms with Gasteiger partial charge in [0.15, 0.2) is 5.78 Å². The molecule has 7 heteroatoms. The van der Waals surface area contributed by atoms with E-state index in [9.17, 15) is 22.8 Å². The maximum Gasteiger partial charge on any atom is 0.416 e. The van der Waals surface area contributed by atoms with E-state index in [-0.39, 0.29) is 23.8 Å². The molecule has 2 N–H and O–H groups in total. The van der Waals surface area contributed by atoms with Crippen LogP contribution in [-0.2, 0) is 11.0 Å². The van der Waals surface area contributed by atoms with Crippen molar-refractivity contribution in [1.29, 1.82) is 0 Å². The van der Waals surface area contributed by atoms with E-state index in [2.05, 4.69) is 10.6 Å².